The van der Waals surface area contributed by atoms with Crippen LogP contribution in [-0.2, 0) is 0 Å². The van der Waals surface area contributed by atoms with E-state index in [2.05, 4.69) is 127 Å². The van der Waals surface area contributed by atoms with Gasteiger partial charge in [0.05, 0.1) is 34.3 Å². The van der Waals surface area contributed by atoms with E-state index in [1.54, 1.807) is 12.1 Å². The zero-order valence-corrected chi connectivity index (χ0v) is 30.3. The number of furan rings is 1. The lowest BCUT2D eigenvalue weighted by molar-refractivity contribution is 0.628. The number of rotatable bonds is 4. The second kappa shape index (κ2) is 12.1. The zero-order chi connectivity index (χ0) is 36.8. The maximum atomic E-state index is 14.2. The molecule has 0 N–H and O–H groups in total. The van der Waals surface area contributed by atoms with Crippen LogP contribution in [0.4, 0.5) is 4.39 Å². The van der Waals surface area contributed by atoms with Gasteiger partial charge in [0.15, 0.2) is 5.58 Å². The zero-order valence-electron chi connectivity index (χ0n) is 30.3. The van der Waals surface area contributed by atoms with Crippen molar-refractivity contribution < 1.29 is 8.81 Å². The number of hydrogen-bond acceptors (Lipinski definition) is 3. The first-order chi connectivity index (χ1) is 27.0. The van der Waals surface area contributed by atoms with Crippen molar-refractivity contribution in [2.45, 2.75) is 26.3 Å². The molecule has 7 aromatic carbocycles. The third-order valence-corrected chi connectivity index (χ3v) is 11.4. The fourth-order valence-electron chi connectivity index (χ4n) is 8.91. The SMILES string of the molecule is Cc1ccccc1-c1nc(-c2ccc(F)cc2)c(C2=CCC(n3c4ccccc4c4c5ccccc5c5c(oc6ccc7ccccc7c65)c43)C=C2)nc1C. The number of fused-ring (bicyclic) bond motifs is 12. The highest BCUT2D eigenvalue weighted by atomic mass is 19.1. The molecule has 1 aliphatic rings. The minimum Gasteiger partial charge on any atom is -0.454 e. The second-order valence-corrected chi connectivity index (χ2v) is 14.6. The van der Waals surface area contributed by atoms with Gasteiger partial charge in [-0.05, 0) is 89.3 Å². The summed E-state index contributed by atoms with van der Waals surface area (Å²) < 4.78 is 23.6. The maximum Gasteiger partial charge on any atom is 0.160 e. The van der Waals surface area contributed by atoms with Crippen molar-refractivity contribution in [3.63, 3.8) is 0 Å². The molecule has 0 fully saturated rings. The summed E-state index contributed by atoms with van der Waals surface area (Å²) in [7, 11) is 0. The Morgan fingerprint density at radius 3 is 2.13 bits per heavy atom. The molecule has 3 heterocycles. The number of halogens is 1. The van der Waals surface area contributed by atoms with E-state index >= 15 is 0 Å². The Hall–Kier alpha value is -6.85. The first-order valence-electron chi connectivity index (χ1n) is 18.8. The van der Waals surface area contributed by atoms with Gasteiger partial charge in [0.2, 0.25) is 0 Å². The van der Waals surface area contributed by atoms with Crippen molar-refractivity contribution in [3.05, 3.63) is 174 Å². The van der Waals surface area contributed by atoms with Gasteiger partial charge in [-0.15, -0.1) is 0 Å². The number of hydrogen-bond donors (Lipinski definition) is 0. The molecule has 262 valence electrons. The summed E-state index contributed by atoms with van der Waals surface area (Å²) in [6.07, 6.45) is 7.49. The van der Waals surface area contributed by atoms with Gasteiger partial charge >= 0.3 is 0 Å². The van der Waals surface area contributed by atoms with Crippen LogP contribution in [0.1, 0.15) is 29.4 Å². The number of allylic oxidation sites excluding steroid dienone is 4. The molecule has 0 aliphatic heterocycles. The summed E-state index contributed by atoms with van der Waals surface area (Å²) in [6.45, 7) is 4.11. The van der Waals surface area contributed by atoms with Gasteiger partial charge in [-0.2, -0.15) is 0 Å². The molecule has 0 saturated heterocycles. The highest BCUT2D eigenvalue weighted by molar-refractivity contribution is 6.37. The van der Waals surface area contributed by atoms with E-state index in [0.717, 1.165) is 84.4 Å². The Labute approximate surface area is 316 Å². The highest BCUT2D eigenvalue weighted by Crippen LogP contribution is 2.48. The van der Waals surface area contributed by atoms with E-state index in [9.17, 15) is 4.39 Å². The van der Waals surface area contributed by atoms with Crippen LogP contribution >= 0.6 is 0 Å². The standard InChI is InChI=1S/C50H34FN3O/c1-29-11-3-5-13-36(29)46-30(2)52-47(48(53-46)32-19-24-34(51)25-20-32)33-21-26-35(27-22-33)54-41-18-10-9-17-40(41)43-38-15-7-8-16-39(38)45-44-37-14-6-4-12-31(37)23-28-42(44)55-50(45)49(43)54/h3-26,28,35H,27H2,1-2H3. The highest BCUT2D eigenvalue weighted by Gasteiger charge is 2.27. The van der Waals surface area contributed by atoms with Crippen LogP contribution in [-0.4, -0.2) is 14.5 Å². The van der Waals surface area contributed by atoms with Gasteiger partial charge in [-0.1, -0.05) is 115 Å². The Bertz CT molecular complexity index is 3270. The van der Waals surface area contributed by atoms with Crippen LogP contribution in [0, 0.1) is 19.7 Å². The molecular formula is C50H34FN3O. The van der Waals surface area contributed by atoms with E-state index in [-0.39, 0.29) is 11.9 Å². The Morgan fingerprint density at radius 2 is 1.35 bits per heavy atom. The van der Waals surface area contributed by atoms with Crippen molar-refractivity contribution in [1.82, 2.24) is 14.5 Å². The van der Waals surface area contributed by atoms with Gasteiger partial charge in [0, 0.05) is 38.2 Å². The third kappa shape index (κ3) is 4.76. The van der Waals surface area contributed by atoms with E-state index in [1.165, 1.54) is 44.5 Å². The van der Waals surface area contributed by atoms with E-state index < -0.39 is 0 Å². The molecule has 0 amide bonds. The fraction of sp³-hybridized carbons (Fsp3) is 0.0800. The minimum atomic E-state index is -0.283. The number of aryl methyl sites for hydroxylation is 2. The molecule has 1 atom stereocenters. The summed E-state index contributed by atoms with van der Waals surface area (Å²) in [5.74, 6) is -0.283. The van der Waals surface area contributed by atoms with Crippen LogP contribution in [0.15, 0.2) is 156 Å². The van der Waals surface area contributed by atoms with E-state index in [1.807, 2.05) is 19.1 Å². The van der Waals surface area contributed by atoms with Crippen LogP contribution < -0.4 is 0 Å². The maximum absolute atomic E-state index is 14.2. The molecule has 0 spiro atoms. The lowest BCUT2D eigenvalue weighted by atomic mass is 9.95. The number of aromatic nitrogens is 3. The fourth-order valence-corrected chi connectivity index (χ4v) is 8.91. The Morgan fingerprint density at radius 1 is 0.636 bits per heavy atom. The predicted molar refractivity (Wildman–Crippen MR) is 225 cm³/mol. The molecule has 0 bridgehead atoms. The summed E-state index contributed by atoms with van der Waals surface area (Å²) in [5, 5.41) is 9.52. The molecule has 0 saturated carbocycles. The molecule has 5 heteroatoms. The van der Waals surface area contributed by atoms with Crippen molar-refractivity contribution in [2.24, 2.45) is 0 Å². The van der Waals surface area contributed by atoms with Gasteiger partial charge in [-0.3, -0.25) is 0 Å². The first kappa shape index (κ1) is 31.7. The smallest absolute Gasteiger partial charge is 0.160 e. The monoisotopic (exact) mass is 711 g/mol. The van der Waals surface area contributed by atoms with E-state index in [4.69, 9.17) is 14.4 Å². The normalized spacial score (nSPS) is 14.6. The molecular weight excluding hydrogens is 678 g/mol. The molecule has 1 aliphatic carbocycles. The molecule has 4 nitrogen and oxygen atoms in total. The Balaban J connectivity index is 1.12. The molecule has 3 aromatic heterocycles. The van der Waals surface area contributed by atoms with Gasteiger partial charge in [-0.25, -0.2) is 14.4 Å². The Kier molecular flexibility index (Phi) is 6.96. The largest absolute Gasteiger partial charge is 0.454 e. The van der Waals surface area contributed by atoms with Gasteiger partial charge < -0.3 is 8.98 Å². The summed E-state index contributed by atoms with van der Waals surface area (Å²) in [5.41, 5.74) is 11.3. The lowest BCUT2D eigenvalue weighted by Crippen LogP contribution is -2.09. The molecule has 0 radical (unpaired) electrons. The lowest BCUT2D eigenvalue weighted by Gasteiger charge is -2.22. The topological polar surface area (TPSA) is 43.9 Å². The molecule has 55 heavy (non-hydrogen) atoms. The van der Waals surface area contributed by atoms with E-state index in [0.29, 0.717) is 0 Å². The third-order valence-electron chi connectivity index (χ3n) is 11.4. The minimum absolute atomic E-state index is 0.00929. The number of benzene rings is 7. The molecule has 11 rings (SSSR count). The van der Waals surface area contributed by atoms with Crippen molar-refractivity contribution in [1.29, 1.82) is 0 Å². The number of para-hydroxylation sites is 1. The van der Waals surface area contributed by atoms with Crippen LogP contribution in [0.5, 0.6) is 0 Å². The number of nitrogens with zero attached hydrogens (tertiary/aromatic N) is 3. The second-order valence-electron chi connectivity index (χ2n) is 14.6. The van der Waals surface area contributed by atoms with Crippen molar-refractivity contribution >= 4 is 70.9 Å². The van der Waals surface area contributed by atoms with Crippen LogP contribution in [0.3, 0.4) is 0 Å². The average molecular weight is 712 g/mol. The predicted octanol–water partition coefficient (Wildman–Crippen LogP) is 13.5. The average Bonchev–Trinajstić information content (AvgIpc) is 3.79. The van der Waals surface area contributed by atoms with Crippen molar-refractivity contribution in [3.8, 4) is 22.5 Å². The van der Waals surface area contributed by atoms with Crippen LogP contribution in [0.25, 0.3) is 93.4 Å². The van der Waals surface area contributed by atoms with Gasteiger partial charge in [0.25, 0.3) is 0 Å². The summed E-state index contributed by atoms with van der Waals surface area (Å²) in [6, 6.07) is 45.1. The first-order valence-corrected chi connectivity index (χ1v) is 18.8. The molecule has 1 unspecified atom stereocenters. The molecule has 10 aromatic rings. The van der Waals surface area contributed by atoms with Crippen molar-refractivity contribution in [2.75, 3.05) is 0 Å². The quantitative estimate of drug-likeness (QED) is 0.183. The summed E-state index contributed by atoms with van der Waals surface area (Å²) >= 11 is 0. The van der Waals surface area contributed by atoms with Crippen LogP contribution in [0.2, 0.25) is 0 Å². The summed E-state index contributed by atoms with van der Waals surface area (Å²) in [4.78, 5) is 10.5. The van der Waals surface area contributed by atoms with Gasteiger partial charge in [0.1, 0.15) is 11.4 Å².